The van der Waals surface area contributed by atoms with Crippen LogP contribution in [-0.2, 0) is 16.4 Å². The summed E-state index contributed by atoms with van der Waals surface area (Å²) < 4.78 is 26.1. The van der Waals surface area contributed by atoms with Gasteiger partial charge in [-0.3, -0.25) is 4.68 Å². The fourth-order valence-corrected chi connectivity index (χ4v) is 3.21. The van der Waals surface area contributed by atoms with E-state index < -0.39 is 15.1 Å². The predicted octanol–water partition coefficient (Wildman–Crippen LogP) is 1.75. The van der Waals surface area contributed by atoms with E-state index in [2.05, 4.69) is 33.3 Å². The van der Waals surface area contributed by atoms with Crippen LogP contribution in [0, 0.1) is 0 Å². The van der Waals surface area contributed by atoms with Gasteiger partial charge >= 0.3 is 0 Å². The highest BCUT2D eigenvalue weighted by atomic mass is 79.9. The molecular formula is C11H20BrN3O2S. The van der Waals surface area contributed by atoms with Crippen molar-refractivity contribution in [1.29, 1.82) is 0 Å². The Hall–Kier alpha value is -0.400. The van der Waals surface area contributed by atoms with E-state index in [9.17, 15) is 8.42 Å². The van der Waals surface area contributed by atoms with E-state index in [1.54, 1.807) is 20.2 Å². The summed E-state index contributed by atoms with van der Waals surface area (Å²) in [5.41, 5.74) is 0.886. The summed E-state index contributed by atoms with van der Waals surface area (Å²) in [7, 11) is -1.35. The van der Waals surface area contributed by atoms with Gasteiger partial charge in [0.1, 0.15) is 0 Å². The van der Waals surface area contributed by atoms with Crippen LogP contribution in [0.2, 0.25) is 0 Å². The Morgan fingerprint density at radius 2 is 2.17 bits per heavy atom. The third-order valence-electron chi connectivity index (χ3n) is 3.02. The molecule has 5 nitrogen and oxygen atoms in total. The first-order chi connectivity index (χ1) is 8.32. The van der Waals surface area contributed by atoms with Crippen molar-refractivity contribution in [2.24, 2.45) is 0 Å². The SMILES string of the molecule is CCCn1ncc(Br)c1C(NC)C(C)S(C)(=O)=O. The summed E-state index contributed by atoms with van der Waals surface area (Å²) >= 11 is 3.45. The number of nitrogens with one attached hydrogen (secondary N) is 1. The predicted molar refractivity (Wildman–Crippen MR) is 76.3 cm³/mol. The molecule has 1 heterocycles. The van der Waals surface area contributed by atoms with Gasteiger partial charge in [-0.25, -0.2) is 8.42 Å². The average molecular weight is 338 g/mol. The van der Waals surface area contributed by atoms with E-state index in [-0.39, 0.29) is 6.04 Å². The molecule has 0 fully saturated rings. The topological polar surface area (TPSA) is 64.0 Å². The van der Waals surface area contributed by atoms with E-state index in [0.717, 1.165) is 23.1 Å². The van der Waals surface area contributed by atoms with E-state index in [4.69, 9.17) is 0 Å². The number of hydrogen-bond acceptors (Lipinski definition) is 4. The molecular weight excluding hydrogens is 318 g/mol. The molecule has 0 aliphatic carbocycles. The molecule has 1 rings (SSSR count). The van der Waals surface area contributed by atoms with E-state index in [0.29, 0.717) is 0 Å². The van der Waals surface area contributed by atoms with Gasteiger partial charge in [0.2, 0.25) is 0 Å². The lowest BCUT2D eigenvalue weighted by Gasteiger charge is -2.23. The van der Waals surface area contributed by atoms with E-state index in [1.165, 1.54) is 6.26 Å². The molecule has 0 radical (unpaired) electrons. The number of halogens is 1. The summed E-state index contributed by atoms with van der Waals surface area (Å²) in [5, 5.41) is 6.85. The minimum atomic E-state index is -3.11. The molecule has 7 heteroatoms. The number of hydrogen-bond donors (Lipinski definition) is 1. The zero-order valence-electron chi connectivity index (χ0n) is 11.1. The van der Waals surface area contributed by atoms with Crippen molar-refractivity contribution >= 4 is 25.8 Å². The van der Waals surface area contributed by atoms with Gasteiger partial charge in [0.15, 0.2) is 9.84 Å². The molecule has 0 bridgehead atoms. The maximum Gasteiger partial charge on any atom is 0.151 e. The smallest absolute Gasteiger partial charge is 0.151 e. The van der Waals surface area contributed by atoms with Crippen LogP contribution in [0.25, 0.3) is 0 Å². The molecule has 0 aromatic carbocycles. The van der Waals surface area contributed by atoms with Crippen LogP contribution >= 0.6 is 15.9 Å². The fourth-order valence-electron chi connectivity index (χ4n) is 1.91. The van der Waals surface area contributed by atoms with Crippen LogP contribution in [0.5, 0.6) is 0 Å². The minimum Gasteiger partial charge on any atom is -0.311 e. The summed E-state index contributed by atoms with van der Waals surface area (Å²) in [6, 6.07) is -0.275. The fraction of sp³-hybridized carbons (Fsp3) is 0.727. The first-order valence-corrected chi connectivity index (χ1v) is 8.65. The van der Waals surface area contributed by atoms with E-state index in [1.807, 2.05) is 4.68 Å². The Morgan fingerprint density at radius 1 is 1.56 bits per heavy atom. The van der Waals surface area contributed by atoms with Gasteiger partial charge in [0.25, 0.3) is 0 Å². The van der Waals surface area contributed by atoms with E-state index >= 15 is 0 Å². The molecule has 0 spiro atoms. The second kappa shape index (κ2) is 6.16. The molecule has 0 aliphatic rings. The third-order valence-corrected chi connectivity index (χ3v) is 5.25. The third kappa shape index (κ3) is 3.33. The van der Waals surface area contributed by atoms with Crippen molar-refractivity contribution in [1.82, 2.24) is 15.1 Å². The molecule has 104 valence electrons. The van der Waals surface area contributed by atoms with Crippen molar-refractivity contribution in [3.05, 3.63) is 16.4 Å². The quantitative estimate of drug-likeness (QED) is 0.858. The van der Waals surface area contributed by atoms with Crippen molar-refractivity contribution in [3.63, 3.8) is 0 Å². The normalized spacial score (nSPS) is 15.6. The molecule has 2 unspecified atom stereocenters. The lowest BCUT2D eigenvalue weighted by atomic mass is 10.1. The van der Waals surface area contributed by atoms with Crippen LogP contribution in [0.3, 0.4) is 0 Å². The maximum absolute atomic E-state index is 11.7. The number of aryl methyl sites for hydroxylation is 1. The van der Waals surface area contributed by atoms with Gasteiger partial charge in [0.05, 0.1) is 27.7 Å². The van der Waals surface area contributed by atoms with Crippen LogP contribution in [0.4, 0.5) is 0 Å². The molecule has 0 saturated carbocycles. The Kier molecular flexibility index (Phi) is 5.36. The van der Waals surface area contributed by atoms with Crippen molar-refractivity contribution in [2.45, 2.75) is 38.1 Å². The minimum absolute atomic E-state index is 0.275. The number of nitrogens with zero attached hydrogens (tertiary/aromatic N) is 2. The Balaban J connectivity index is 3.20. The second-order valence-corrected chi connectivity index (χ2v) is 7.66. The Bertz CT molecular complexity index is 498. The van der Waals surface area contributed by atoms with Gasteiger partial charge in [0, 0.05) is 12.8 Å². The van der Waals surface area contributed by atoms with Crippen LogP contribution in [0.1, 0.15) is 32.0 Å². The first kappa shape index (κ1) is 15.7. The van der Waals surface area contributed by atoms with Crippen LogP contribution in [0.15, 0.2) is 10.7 Å². The lowest BCUT2D eigenvalue weighted by molar-refractivity contribution is 0.479. The highest BCUT2D eigenvalue weighted by Crippen LogP contribution is 2.28. The zero-order chi connectivity index (χ0) is 13.9. The molecule has 18 heavy (non-hydrogen) atoms. The summed E-state index contributed by atoms with van der Waals surface area (Å²) in [5.74, 6) is 0. The van der Waals surface area contributed by atoms with Crippen LogP contribution < -0.4 is 5.32 Å². The van der Waals surface area contributed by atoms with Crippen LogP contribution in [-0.4, -0.2) is 36.8 Å². The largest absolute Gasteiger partial charge is 0.311 e. The molecule has 2 atom stereocenters. The standard InChI is InChI=1S/C11H20BrN3O2S/c1-5-6-15-11(9(12)7-14-15)10(13-3)8(2)18(4,16)17/h7-8,10,13H,5-6H2,1-4H3. The summed E-state index contributed by atoms with van der Waals surface area (Å²) in [4.78, 5) is 0. The average Bonchev–Trinajstić information content (AvgIpc) is 2.62. The van der Waals surface area contributed by atoms with Gasteiger partial charge in [-0.15, -0.1) is 0 Å². The molecule has 0 aliphatic heterocycles. The zero-order valence-corrected chi connectivity index (χ0v) is 13.5. The van der Waals surface area contributed by atoms with Gasteiger partial charge < -0.3 is 5.32 Å². The Morgan fingerprint density at radius 3 is 2.61 bits per heavy atom. The summed E-state index contributed by atoms with van der Waals surface area (Å²) in [6.07, 6.45) is 3.92. The summed E-state index contributed by atoms with van der Waals surface area (Å²) in [6.45, 7) is 4.55. The molecule has 1 aromatic heterocycles. The maximum atomic E-state index is 11.7. The van der Waals surface area contributed by atoms with Gasteiger partial charge in [-0.1, -0.05) is 6.92 Å². The number of rotatable bonds is 6. The van der Waals surface area contributed by atoms with Gasteiger partial charge in [-0.2, -0.15) is 5.10 Å². The molecule has 1 N–H and O–H groups in total. The number of aromatic nitrogens is 2. The first-order valence-electron chi connectivity index (χ1n) is 5.90. The van der Waals surface area contributed by atoms with Crippen molar-refractivity contribution < 1.29 is 8.42 Å². The lowest BCUT2D eigenvalue weighted by Crippen LogP contribution is -2.34. The molecule has 1 aromatic rings. The Labute approximate surface area is 117 Å². The second-order valence-electron chi connectivity index (χ2n) is 4.40. The molecule has 0 saturated heterocycles. The van der Waals surface area contributed by atoms with Crippen molar-refractivity contribution in [2.75, 3.05) is 13.3 Å². The number of sulfone groups is 1. The van der Waals surface area contributed by atoms with Crippen molar-refractivity contribution in [3.8, 4) is 0 Å². The monoisotopic (exact) mass is 337 g/mol. The molecule has 0 amide bonds. The highest BCUT2D eigenvalue weighted by molar-refractivity contribution is 9.10. The highest BCUT2D eigenvalue weighted by Gasteiger charge is 2.30. The van der Waals surface area contributed by atoms with Gasteiger partial charge in [-0.05, 0) is 36.3 Å².